The zero-order chi connectivity index (χ0) is 8.84. The average Bonchev–Trinajstić information content (AvgIpc) is 2.75. The highest BCUT2D eigenvalue weighted by atomic mass is 16.5. The van der Waals surface area contributed by atoms with Crippen LogP contribution in [-0.2, 0) is 4.74 Å². The third-order valence-electron chi connectivity index (χ3n) is 4.32. The van der Waals surface area contributed by atoms with Crippen LogP contribution >= 0.6 is 0 Å². The minimum absolute atomic E-state index is 0.610. The zero-order valence-corrected chi connectivity index (χ0v) is 8.33. The highest BCUT2D eigenvalue weighted by Crippen LogP contribution is 2.55. The maximum atomic E-state index is 5.93. The van der Waals surface area contributed by atoms with E-state index in [4.69, 9.17) is 4.74 Å². The van der Waals surface area contributed by atoms with Crippen LogP contribution in [0.2, 0.25) is 0 Å². The molecule has 4 atom stereocenters. The Hall–Kier alpha value is -0.300. The first kappa shape index (κ1) is 8.05. The van der Waals surface area contributed by atoms with Crippen molar-refractivity contribution < 1.29 is 4.74 Å². The molecule has 3 fully saturated rings. The predicted molar refractivity (Wildman–Crippen MR) is 52.4 cm³/mol. The van der Waals surface area contributed by atoms with Gasteiger partial charge in [-0.3, -0.25) is 0 Å². The second-order valence-corrected chi connectivity index (χ2v) is 4.81. The van der Waals surface area contributed by atoms with Gasteiger partial charge in [-0.15, -0.1) is 0 Å². The molecule has 0 aromatic heterocycles. The first-order valence-corrected chi connectivity index (χ1v) is 5.67. The molecule has 13 heavy (non-hydrogen) atoms. The van der Waals surface area contributed by atoms with Crippen LogP contribution in [0.1, 0.15) is 32.6 Å². The van der Waals surface area contributed by atoms with E-state index < -0.39 is 0 Å². The van der Waals surface area contributed by atoms with Gasteiger partial charge in [-0.25, -0.2) is 0 Å². The van der Waals surface area contributed by atoms with Gasteiger partial charge in [-0.2, -0.15) is 0 Å². The van der Waals surface area contributed by atoms with E-state index in [0.717, 1.165) is 24.4 Å². The van der Waals surface area contributed by atoms with Crippen LogP contribution in [0.5, 0.6) is 0 Å². The lowest BCUT2D eigenvalue weighted by Crippen LogP contribution is -2.35. The minimum Gasteiger partial charge on any atom is -0.377 e. The number of rotatable bonds is 0. The van der Waals surface area contributed by atoms with Crippen LogP contribution in [0, 0.1) is 17.8 Å². The topological polar surface area (TPSA) is 9.23 Å². The zero-order valence-electron chi connectivity index (χ0n) is 8.33. The molecule has 1 nitrogen and oxygen atoms in total. The van der Waals surface area contributed by atoms with Crippen LogP contribution in [0.25, 0.3) is 0 Å². The molecule has 0 aromatic carbocycles. The Labute approximate surface area is 80.2 Å². The summed E-state index contributed by atoms with van der Waals surface area (Å²) in [5.74, 6) is 2.70. The smallest absolute Gasteiger partial charge is 0.0671 e. The fourth-order valence-electron chi connectivity index (χ4n) is 3.76. The van der Waals surface area contributed by atoms with Gasteiger partial charge in [-0.05, 0) is 44.4 Å². The van der Waals surface area contributed by atoms with Crippen molar-refractivity contribution in [2.45, 2.75) is 38.7 Å². The fourth-order valence-corrected chi connectivity index (χ4v) is 3.76. The molecule has 0 N–H and O–H groups in total. The molecule has 1 aliphatic heterocycles. The van der Waals surface area contributed by atoms with Gasteiger partial charge in [0, 0.05) is 12.5 Å². The van der Waals surface area contributed by atoms with Crippen molar-refractivity contribution in [2.75, 3.05) is 6.61 Å². The number of fused-ring (bicyclic) bond motifs is 5. The van der Waals surface area contributed by atoms with E-state index in [1.165, 1.54) is 25.7 Å². The average molecular weight is 178 g/mol. The number of allylic oxidation sites excluding steroid dienone is 1. The third kappa shape index (κ3) is 1.03. The van der Waals surface area contributed by atoms with Crippen molar-refractivity contribution in [1.29, 1.82) is 0 Å². The van der Waals surface area contributed by atoms with Gasteiger partial charge in [0.25, 0.3) is 0 Å². The highest BCUT2D eigenvalue weighted by Gasteiger charge is 2.51. The van der Waals surface area contributed by atoms with E-state index in [2.05, 4.69) is 13.0 Å². The van der Waals surface area contributed by atoms with Gasteiger partial charge >= 0.3 is 0 Å². The van der Waals surface area contributed by atoms with E-state index >= 15 is 0 Å². The molecule has 1 heteroatoms. The summed E-state index contributed by atoms with van der Waals surface area (Å²) < 4.78 is 5.93. The minimum atomic E-state index is 0.610. The van der Waals surface area contributed by atoms with Crippen LogP contribution in [-0.4, -0.2) is 12.7 Å². The molecule has 0 unspecified atom stereocenters. The lowest BCUT2D eigenvalue weighted by Gasteiger charge is -2.36. The summed E-state index contributed by atoms with van der Waals surface area (Å²) in [5, 5.41) is 0. The predicted octanol–water partition coefficient (Wildman–Crippen LogP) is 2.77. The molecule has 1 heterocycles. The highest BCUT2D eigenvalue weighted by molar-refractivity contribution is 5.21. The summed E-state index contributed by atoms with van der Waals surface area (Å²) in [7, 11) is 0. The van der Waals surface area contributed by atoms with Gasteiger partial charge in [0.15, 0.2) is 0 Å². The van der Waals surface area contributed by atoms with Crippen LogP contribution in [0.3, 0.4) is 0 Å². The van der Waals surface area contributed by atoms with E-state index in [9.17, 15) is 0 Å². The quantitative estimate of drug-likeness (QED) is 0.518. The maximum Gasteiger partial charge on any atom is 0.0671 e. The van der Waals surface area contributed by atoms with Crippen molar-refractivity contribution in [1.82, 2.24) is 0 Å². The molecular weight excluding hydrogens is 160 g/mol. The molecule has 2 aliphatic carbocycles. The SMILES string of the molecule is C/C=C1\C[C@@H]2C[C@@H]1[C@H]1OCCC[C@H]21. The first-order chi connectivity index (χ1) is 6.40. The number of hydrogen-bond donors (Lipinski definition) is 0. The standard InChI is InChI=1S/C12H18O/c1-2-8-6-9-7-11(8)12-10(9)4-3-5-13-12/h2,9-12H,3-7H2,1H3/b8-2+/t9-,10-,11+,12+/m1/s1. The Balaban J connectivity index is 1.87. The van der Waals surface area contributed by atoms with Gasteiger partial charge in [-0.1, -0.05) is 11.6 Å². The molecule has 0 spiro atoms. The largest absolute Gasteiger partial charge is 0.377 e. The molecule has 2 saturated carbocycles. The van der Waals surface area contributed by atoms with Crippen molar-refractivity contribution >= 4 is 0 Å². The lowest BCUT2D eigenvalue weighted by molar-refractivity contribution is -0.0423. The molecule has 0 amide bonds. The van der Waals surface area contributed by atoms with Gasteiger partial charge in [0.1, 0.15) is 0 Å². The Morgan fingerprint density at radius 3 is 3.23 bits per heavy atom. The molecule has 3 rings (SSSR count). The molecule has 1 saturated heterocycles. The van der Waals surface area contributed by atoms with Crippen molar-refractivity contribution in [3.05, 3.63) is 11.6 Å². The fraction of sp³-hybridized carbons (Fsp3) is 0.833. The Kier molecular flexibility index (Phi) is 1.76. The summed E-state index contributed by atoms with van der Waals surface area (Å²) in [6, 6.07) is 0. The van der Waals surface area contributed by atoms with E-state index in [-0.39, 0.29) is 0 Å². The normalized spacial score (nSPS) is 51.3. The lowest BCUT2D eigenvalue weighted by atomic mass is 9.79. The Morgan fingerprint density at radius 2 is 2.38 bits per heavy atom. The third-order valence-corrected chi connectivity index (χ3v) is 4.32. The molecular formula is C12H18O. The van der Waals surface area contributed by atoms with Crippen molar-refractivity contribution in [2.24, 2.45) is 17.8 Å². The summed E-state index contributed by atoms with van der Waals surface area (Å²) in [6.45, 7) is 3.20. The first-order valence-electron chi connectivity index (χ1n) is 5.67. The van der Waals surface area contributed by atoms with E-state index in [1.807, 2.05) is 0 Å². The Bertz CT molecular complexity index is 244. The second kappa shape index (κ2) is 2.84. The summed E-state index contributed by atoms with van der Waals surface area (Å²) in [5.41, 5.74) is 1.69. The maximum absolute atomic E-state index is 5.93. The molecule has 72 valence electrons. The van der Waals surface area contributed by atoms with Crippen molar-refractivity contribution in [3.63, 3.8) is 0 Å². The molecule has 0 aromatic rings. The molecule has 0 radical (unpaired) electrons. The van der Waals surface area contributed by atoms with Crippen LogP contribution in [0.4, 0.5) is 0 Å². The Morgan fingerprint density at radius 1 is 1.46 bits per heavy atom. The molecule has 2 bridgehead atoms. The van der Waals surface area contributed by atoms with Gasteiger partial charge in [0.2, 0.25) is 0 Å². The van der Waals surface area contributed by atoms with E-state index in [0.29, 0.717) is 6.10 Å². The molecule has 3 aliphatic rings. The van der Waals surface area contributed by atoms with Crippen LogP contribution in [0.15, 0.2) is 11.6 Å². The van der Waals surface area contributed by atoms with Gasteiger partial charge < -0.3 is 4.74 Å². The summed E-state index contributed by atoms with van der Waals surface area (Å²) >= 11 is 0. The summed E-state index contributed by atoms with van der Waals surface area (Å²) in [4.78, 5) is 0. The van der Waals surface area contributed by atoms with Crippen LogP contribution < -0.4 is 0 Å². The van der Waals surface area contributed by atoms with Crippen molar-refractivity contribution in [3.8, 4) is 0 Å². The van der Waals surface area contributed by atoms with E-state index in [1.54, 1.807) is 5.57 Å². The monoisotopic (exact) mass is 178 g/mol. The summed E-state index contributed by atoms with van der Waals surface area (Å²) in [6.07, 6.45) is 8.48. The second-order valence-electron chi connectivity index (χ2n) is 4.81. The van der Waals surface area contributed by atoms with Gasteiger partial charge in [0.05, 0.1) is 6.10 Å². The number of ether oxygens (including phenoxy) is 1. The number of hydrogen-bond acceptors (Lipinski definition) is 1.